The third kappa shape index (κ3) is 2.60. The van der Waals surface area contributed by atoms with Gasteiger partial charge in [-0.3, -0.25) is 9.59 Å². The highest BCUT2D eigenvalue weighted by molar-refractivity contribution is 6.52. The molecule has 0 atom stereocenters. The van der Waals surface area contributed by atoms with Crippen LogP contribution in [0.25, 0.3) is 0 Å². The summed E-state index contributed by atoms with van der Waals surface area (Å²) in [5.74, 6) is -0.143. The van der Waals surface area contributed by atoms with Gasteiger partial charge in [-0.1, -0.05) is 18.2 Å². The van der Waals surface area contributed by atoms with Crippen molar-refractivity contribution in [3.05, 3.63) is 59.2 Å². The van der Waals surface area contributed by atoms with Crippen LogP contribution in [0.5, 0.6) is 5.75 Å². The summed E-state index contributed by atoms with van der Waals surface area (Å²) in [5.41, 5.74) is 3.40. The summed E-state index contributed by atoms with van der Waals surface area (Å²) in [4.78, 5) is 25.4. The first kappa shape index (κ1) is 14.3. The molecule has 0 saturated heterocycles. The summed E-state index contributed by atoms with van der Waals surface area (Å²) < 4.78 is 5.72. The molecule has 0 N–H and O–H groups in total. The van der Waals surface area contributed by atoms with E-state index in [0.29, 0.717) is 24.4 Å². The van der Waals surface area contributed by atoms with Gasteiger partial charge in [-0.2, -0.15) is 0 Å². The summed E-state index contributed by atoms with van der Waals surface area (Å²) in [5, 5.41) is 0. The molecule has 112 valence electrons. The summed E-state index contributed by atoms with van der Waals surface area (Å²) in [7, 11) is 0. The number of hydrogen-bond acceptors (Lipinski definition) is 3. The van der Waals surface area contributed by atoms with E-state index in [0.717, 1.165) is 16.9 Å². The van der Waals surface area contributed by atoms with E-state index in [4.69, 9.17) is 4.74 Å². The maximum Gasteiger partial charge on any atom is 0.299 e. The van der Waals surface area contributed by atoms with Crippen LogP contribution in [-0.2, 0) is 4.79 Å². The molecule has 4 nitrogen and oxygen atoms in total. The third-order valence-electron chi connectivity index (χ3n) is 3.66. The molecule has 2 aromatic carbocycles. The van der Waals surface area contributed by atoms with Gasteiger partial charge < -0.3 is 9.64 Å². The molecule has 22 heavy (non-hydrogen) atoms. The summed E-state index contributed by atoms with van der Waals surface area (Å²) in [6, 6.07) is 13.0. The lowest BCUT2D eigenvalue weighted by atomic mass is 10.1. The minimum absolute atomic E-state index is 0.343. The van der Waals surface area contributed by atoms with Gasteiger partial charge in [0.25, 0.3) is 11.7 Å². The SMILES string of the molecule is Cc1cc(C)cc(OCCN2C(=O)C(=O)c3ccccc32)c1. The van der Waals surface area contributed by atoms with E-state index in [1.807, 2.05) is 32.0 Å². The predicted molar refractivity (Wildman–Crippen MR) is 84.5 cm³/mol. The maximum absolute atomic E-state index is 12.0. The molecule has 0 radical (unpaired) electrons. The molecule has 0 saturated carbocycles. The summed E-state index contributed by atoms with van der Waals surface area (Å²) in [6.45, 7) is 4.72. The van der Waals surface area contributed by atoms with Crippen LogP contribution in [0.4, 0.5) is 5.69 Å². The lowest BCUT2D eigenvalue weighted by Gasteiger charge is -2.17. The quantitative estimate of drug-likeness (QED) is 0.815. The Morgan fingerprint density at radius 3 is 2.41 bits per heavy atom. The van der Waals surface area contributed by atoms with Crippen LogP contribution in [0.3, 0.4) is 0 Å². The monoisotopic (exact) mass is 295 g/mol. The second-order valence-electron chi connectivity index (χ2n) is 5.47. The number of aryl methyl sites for hydroxylation is 2. The van der Waals surface area contributed by atoms with Crippen LogP contribution >= 0.6 is 0 Å². The minimum Gasteiger partial charge on any atom is -0.492 e. The number of benzene rings is 2. The molecule has 0 spiro atoms. The molecule has 0 bridgehead atoms. The number of nitrogens with zero attached hydrogens (tertiary/aromatic N) is 1. The highest BCUT2D eigenvalue weighted by Crippen LogP contribution is 2.28. The van der Waals surface area contributed by atoms with Gasteiger partial charge in [0.1, 0.15) is 12.4 Å². The number of carbonyl (C=O) groups is 2. The molecule has 4 heteroatoms. The average Bonchev–Trinajstić information content (AvgIpc) is 2.72. The summed E-state index contributed by atoms with van der Waals surface area (Å²) in [6.07, 6.45) is 0. The zero-order valence-electron chi connectivity index (χ0n) is 12.6. The highest BCUT2D eigenvalue weighted by atomic mass is 16.5. The van der Waals surface area contributed by atoms with Gasteiger partial charge >= 0.3 is 0 Å². The Bertz CT molecular complexity index is 731. The van der Waals surface area contributed by atoms with Crippen molar-refractivity contribution < 1.29 is 14.3 Å². The first-order valence-corrected chi connectivity index (χ1v) is 7.22. The van der Waals surface area contributed by atoms with Crippen LogP contribution in [-0.4, -0.2) is 24.8 Å². The summed E-state index contributed by atoms with van der Waals surface area (Å²) >= 11 is 0. The van der Waals surface area contributed by atoms with Crippen LogP contribution in [0.1, 0.15) is 21.5 Å². The highest BCUT2D eigenvalue weighted by Gasteiger charge is 2.34. The van der Waals surface area contributed by atoms with Crippen molar-refractivity contribution in [3.63, 3.8) is 0 Å². The lowest BCUT2D eigenvalue weighted by molar-refractivity contribution is -0.114. The van der Waals surface area contributed by atoms with Crippen molar-refractivity contribution >= 4 is 17.4 Å². The van der Waals surface area contributed by atoms with Crippen LogP contribution in [0.2, 0.25) is 0 Å². The normalized spacial score (nSPS) is 13.5. The average molecular weight is 295 g/mol. The Kier molecular flexibility index (Phi) is 3.67. The Balaban J connectivity index is 1.69. The lowest BCUT2D eigenvalue weighted by Crippen LogP contribution is -2.33. The molecular weight excluding hydrogens is 278 g/mol. The van der Waals surface area contributed by atoms with E-state index in [2.05, 4.69) is 6.07 Å². The zero-order valence-corrected chi connectivity index (χ0v) is 12.6. The smallest absolute Gasteiger partial charge is 0.299 e. The molecule has 3 rings (SSSR count). The van der Waals surface area contributed by atoms with Crippen LogP contribution in [0, 0.1) is 13.8 Å². The Labute approximate surface area is 129 Å². The molecule has 0 aromatic heterocycles. The molecule has 1 aliphatic heterocycles. The fourth-order valence-corrected chi connectivity index (χ4v) is 2.74. The molecule has 2 aromatic rings. The number of carbonyl (C=O) groups excluding carboxylic acids is 2. The molecule has 1 amide bonds. The van der Waals surface area contributed by atoms with Gasteiger partial charge in [0.05, 0.1) is 17.8 Å². The van der Waals surface area contributed by atoms with E-state index in [1.165, 1.54) is 4.90 Å². The fourth-order valence-electron chi connectivity index (χ4n) is 2.74. The Morgan fingerprint density at radius 2 is 1.68 bits per heavy atom. The van der Waals surface area contributed by atoms with E-state index >= 15 is 0 Å². The second kappa shape index (κ2) is 5.64. The maximum atomic E-state index is 12.0. The Hall–Kier alpha value is -2.62. The number of Topliss-reactive ketones (excluding diaryl/α,β-unsaturated/α-hetero) is 1. The van der Waals surface area contributed by atoms with Gasteiger partial charge in [0, 0.05) is 0 Å². The molecule has 1 aliphatic rings. The topological polar surface area (TPSA) is 46.6 Å². The van der Waals surface area contributed by atoms with E-state index < -0.39 is 11.7 Å². The first-order chi connectivity index (χ1) is 10.6. The third-order valence-corrected chi connectivity index (χ3v) is 3.66. The number of para-hydroxylation sites is 1. The first-order valence-electron chi connectivity index (χ1n) is 7.22. The standard InChI is InChI=1S/C18H17NO3/c1-12-9-13(2)11-14(10-12)22-8-7-19-16-6-4-3-5-15(16)17(20)18(19)21/h3-6,9-11H,7-8H2,1-2H3. The fraction of sp³-hybridized carbons (Fsp3) is 0.222. The van der Waals surface area contributed by atoms with Gasteiger partial charge in [-0.05, 0) is 49.2 Å². The molecule has 0 unspecified atom stereocenters. The van der Waals surface area contributed by atoms with E-state index in [-0.39, 0.29) is 0 Å². The zero-order chi connectivity index (χ0) is 15.7. The van der Waals surface area contributed by atoms with Crippen molar-refractivity contribution in [2.75, 3.05) is 18.1 Å². The van der Waals surface area contributed by atoms with Crippen molar-refractivity contribution in [3.8, 4) is 5.75 Å². The Morgan fingerprint density at radius 1 is 1.00 bits per heavy atom. The van der Waals surface area contributed by atoms with Crippen molar-refractivity contribution in [2.24, 2.45) is 0 Å². The van der Waals surface area contributed by atoms with Crippen LogP contribution < -0.4 is 9.64 Å². The number of ether oxygens (including phenoxy) is 1. The number of anilines is 1. The number of ketones is 1. The molecular formula is C18H17NO3. The number of rotatable bonds is 4. The van der Waals surface area contributed by atoms with Gasteiger partial charge in [-0.25, -0.2) is 0 Å². The van der Waals surface area contributed by atoms with Crippen molar-refractivity contribution in [1.29, 1.82) is 0 Å². The van der Waals surface area contributed by atoms with Gasteiger partial charge in [0.15, 0.2) is 0 Å². The van der Waals surface area contributed by atoms with Crippen molar-refractivity contribution in [1.82, 2.24) is 0 Å². The van der Waals surface area contributed by atoms with Crippen LogP contribution in [0.15, 0.2) is 42.5 Å². The second-order valence-corrected chi connectivity index (χ2v) is 5.47. The molecule has 0 fully saturated rings. The molecule has 1 heterocycles. The predicted octanol–water partition coefficient (Wildman–Crippen LogP) is 2.91. The van der Waals surface area contributed by atoms with Gasteiger partial charge in [0.2, 0.25) is 0 Å². The van der Waals surface area contributed by atoms with E-state index in [1.54, 1.807) is 18.2 Å². The largest absolute Gasteiger partial charge is 0.492 e. The van der Waals surface area contributed by atoms with Gasteiger partial charge in [-0.15, -0.1) is 0 Å². The van der Waals surface area contributed by atoms with E-state index in [9.17, 15) is 9.59 Å². The number of hydrogen-bond donors (Lipinski definition) is 0. The minimum atomic E-state index is -0.481. The number of fused-ring (bicyclic) bond motifs is 1. The van der Waals surface area contributed by atoms with Crippen molar-refractivity contribution in [2.45, 2.75) is 13.8 Å². The molecule has 0 aliphatic carbocycles. The number of amides is 1.